The lowest BCUT2D eigenvalue weighted by Crippen LogP contribution is -2.41. The summed E-state index contributed by atoms with van der Waals surface area (Å²) in [7, 11) is 0. The summed E-state index contributed by atoms with van der Waals surface area (Å²) in [6, 6.07) is 4.66. The summed E-state index contributed by atoms with van der Waals surface area (Å²) < 4.78 is 19.5. The van der Waals surface area contributed by atoms with Crippen LogP contribution in [0.4, 0.5) is 10.1 Å². The highest BCUT2D eigenvalue weighted by Gasteiger charge is 2.21. The Morgan fingerprint density at radius 3 is 3.05 bits per heavy atom. The van der Waals surface area contributed by atoms with E-state index in [1.165, 1.54) is 12.1 Å². The van der Waals surface area contributed by atoms with Crippen molar-refractivity contribution >= 4 is 17.7 Å². The van der Waals surface area contributed by atoms with E-state index in [9.17, 15) is 9.18 Å². The fraction of sp³-hybridized carbons (Fsp3) is 0.357. The molecule has 1 fully saturated rings. The molecule has 102 valence electrons. The van der Waals surface area contributed by atoms with E-state index >= 15 is 0 Å². The first kappa shape index (κ1) is 13.5. The molecule has 1 aliphatic rings. The van der Waals surface area contributed by atoms with E-state index in [4.69, 9.17) is 9.84 Å². The monoisotopic (exact) mass is 265 g/mol. The van der Waals surface area contributed by atoms with E-state index in [2.05, 4.69) is 0 Å². The Hall–Kier alpha value is -1.88. The second kappa shape index (κ2) is 5.84. The fourth-order valence-electron chi connectivity index (χ4n) is 2.18. The highest BCUT2D eigenvalue weighted by atomic mass is 19.1. The third-order valence-electron chi connectivity index (χ3n) is 2.98. The summed E-state index contributed by atoms with van der Waals surface area (Å²) >= 11 is 0. The summed E-state index contributed by atoms with van der Waals surface area (Å²) in [6.07, 6.45) is 2.47. The molecule has 1 saturated heterocycles. The van der Waals surface area contributed by atoms with Crippen molar-refractivity contribution in [3.8, 4) is 0 Å². The Balaban J connectivity index is 2.34. The smallest absolute Gasteiger partial charge is 0.328 e. The molecule has 0 aliphatic carbocycles. The first-order valence-electron chi connectivity index (χ1n) is 6.14. The van der Waals surface area contributed by atoms with Crippen molar-refractivity contribution in [3.05, 3.63) is 35.7 Å². The zero-order chi connectivity index (χ0) is 13.8. The number of hydrogen-bond donors (Lipinski definition) is 1. The van der Waals surface area contributed by atoms with E-state index in [1.54, 1.807) is 12.1 Å². The summed E-state index contributed by atoms with van der Waals surface area (Å²) in [5, 5.41) is 8.67. The van der Waals surface area contributed by atoms with Crippen molar-refractivity contribution in [1.82, 2.24) is 0 Å². The summed E-state index contributed by atoms with van der Waals surface area (Å²) in [4.78, 5) is 12.5. The number of benzene rings is 1. The topological polar surface area (TPSA) is 49.8 Å². The van der Waals surface area contributed by atoms with Crippen molar-refractivity contribution in [2.45, 2.75) is 13.0 Å². The van der Waals surface area contributed by atoms with E-state index < -0.39 is 5.97 Å². The van der Waals surface area contributed by atoms with E-state index in [-0.39, 0.29) is 11.9 Å². The van der Waals surface area contributed by atoms with Gasteiger partial charge in [-0.05, 0) is 19.1 Å². The van der Waals surface area contributed by atoms with Gasteiger partial charge in [0.25, 0.3) is 0 Å². The number of anilines is 1. The standard InChI is InChI=1S/C14H16FNO3/c1-10-9-16(7-8-19-10)14-11(5-6-13(17)18)3-2-4-12(14)15/h2-6,10H,7-9H2,1H3,(H,17,18)/b6-5+. The lowest BCUT2D eigenvalue weighted by molar-refractivity contribution is -0.131. The number of nitrogens with zero attached hydrogens (tertiary/aromatic N) is 1. The average Bonchev–Trinajstić information content (AvgIpc) is 2.36. The van der Waals surface area contributed by atoms with Crippen LogP contribution in [0.5, 0.6) is 0 Å². The lowest BCUT2D eigenvalue weighted by atomic mass is 10.1. The van der Waals surface area contributed by atoms with Gasteiger partial charge in [0, 0.05) is 24.7 Å². The predicted octanol–water partition coefficient (Wildman–Crippen LogP) is 2.15. The minimum atomic E-state index is -1.05. The number of carbonyl (C=O) groups is 1. The largest absolute Gasteiger partial charge is 0.478 e. The molecule has 0 amide bonds. The van der Waals surface area contributed by atoms with Gasteiger partial charge in [-0.1, -0.05) is 12.1 Å². The Morgan fingerprint density at radius 2 is 2.37 bits per heavy atom. The molecule has 1 unspecified atom stereocenters. The molecule has 1 N–H and O–H groups in total. The maximum absolute atomic E-state index is 14.0. The molecule has 1 atom stereocenters. The first-order chi connectivity index (χ1) is 9.08. The predicted molar refractivity (Wildman–Crippen MR) is 70.7 cm³/mol. The van der Waals surface area contributed by atoms with Gasteiger partial charge in [-0.25, -0.2) is 9.18 Å². The third kappa shape index (κ3) is 3.32. The number of rotatable bonds is 3. The lowest BCUT2D eigenvalue weighted by Gasteiger charge is -2.34. The molecule has 1 aliphatic heterocycles. The van der Waals surface area contributed by atoms with Crippen LogP contribution in [0.25, 0.3) is 6.08 Å². The van der Waals surface area contributed by atoms with E-state index in [0.29, 0.717) is 30.9 Å². The minimum Gasteiger partial charge on any atom is -0.478 e. The van der Waals surface area contributed by atoms with Gasteiger partial charge >= 0.3 is 5.97 Å². The Morgan fingerprint density at radius 1 is 1.58 bits per heavy atom. The summed E-state index contributed by atoms with van der Waals surface area (Å²) in [6.45, 7) is 3.66. The SMILES string of the molecule is CC1CN(c2c(F)cccc2/C=C/C(=O)O)CCO1. The number of aliphatic carboxylic acids is 1. The summed E-state index contributed by atoms with van der Waals surface area (Å²) in [5.41, 5.74) is 1.01. The zero-order valence-electron chi connectivity index (χ0n) is 10.7. The van der Waals surface area contributed by atoms with Gasteiger partial charge in [0.1, 0.15) is 5.82 Å². The van der Waals surface area contributed by atoms with Crippen LogP contribution in [0.15, 0.2) is 24.3 Å². The van der Waals surface area contributed by atoms with Crippen LogP contribution in [0.2, 0.25) is 0 Å². The van der Waals surface area contributed by atoms with E-state index in [0.717, 1.165) is 6.08 Å². The Bertz CT molecular complexity index is 501. The quantitative estimate of drug-likeness (QED) is 0.851. The molecule has 1 aromatic rings. The van der Waals surface area contributed by atoms with Crippen molar-refractivity contribution < 1.29 is 19.0 Å². The average molecular weight is 265 g/mol. The number of hydrogen-bond acceptors (Lipinski definition) is 3. The molecule has 0 bridgehead atoms. The number of carboxylic acid groups (broad SMARTS) is 1. The van der Waals surface area contributed by atoms with Crippen molar-refractivity contribution in [2.24, 2.45) is 0 Å². The van der Waals surface area contributed by atoms with Crippen molar-refractivity contribution in [2.75, 3.05) is 24.6 Å². The number of para-hydroxylation sites is 1. The first-order valence-corrected chi connectivity index (χ1v) is 6.14. The van der Waals surface area contributed by atoms with Crippen LogP contribution in [-0.2, 0) is 9.53 Å². The van der Waals surface area contributed by atoms with Gasteiger partial charge in [-0.15, -0.1) is 0 Å². The zero-order valence-corrected chi connectivity index (χ0v) is 10.7. The van der Waals surface area contributed by atoms with Crippen LogP contribution < -0.4 is 4.90 Å². The van der Waals surface area contributed by atoms with Gasteiger partial charge in [-0.3, -0.25) is 0 Å². The number of carboxylic acids is 1. The van der Waals surface area contributed by atoms with Crippen LogP contribution in [-0.4, -0.2) is 36.9 Å². The second-order valence-corrected chi connectivity index (χ2v) is 4.48. The molecular weight excluding hydrogens is 249 g/mol. The van der Waals surface area contributed by atoms with Gasteiger partial charge in [0.2, 0.25) is 0 Å². The van der Waals surface area contributed by atoms with Crippen LogP contribution in [0, 0.1) is 5.82 Å². The van der Waals surface area contributed by atoms with Crippen LogP contribution >= 0.6 is 0 Å². The molecule has 0 spiro atoms. The van der Waals surface area contributed by atoms with Crippen LogP contribution in [0.1, 0.15) is 12.5 Å². The van der Waals surface area contributed by atoms with Crippen molar-refractivity contribution in [1.29, 1.82) is 0 Å². The molecular formula is C14H16FNO3. The highest BCUT2D eigenvalue weighted by molar-refractivity contribution is 5.87. The molecule has 0 aromatic heterocycles. The third-order valence-corrected chi connectivity index (χ3v) is 2.98. The number of halogens is 1. The fourth-order valence-corrected chi connectivity index (χ4v) is 2.18. The van der Waals surface area contributed by atoms with Crippen molar-refractivity contribution in [3.63, 3.8) is 0 Å². The minimum absolute atomic E-state index is 0.0321. The Kier molecular flexibility index (Phi) is 4.16. The van der Waals surface area contributed by atoms with Gasteiger partial charge in [0.05, 0.1) is 18.4 Å². The normalized spacial score (nSPS) is 19.9. The maximum Gasteiger partial charge on any atom is 0.328 e. The van der Waals surface area contributed by atoms with E-state index in [1.807, 2.05) is 11.8 Å². The molecule has 1 aromatic carbocycles. The maximum atomic E-state index is 14.0. The van der Waals surface area contributed by atoms with Gasteiger partial charge < -0.3 is 14.7 Å². The van der Waals surface area contributed by atoms with Gasteiger partial charge in [-0.2, -0.15) is 0 Å². The Labute approximate surface area is 111 Å². The molecule has 0 radical (unpaired) electrons. The number of ether oxygens (including phenoxy) is 1. The molecule has 1 heterocycles. The van der Waals surface area contributed by atoms with Crippen LogP contribution in [0.3, 0.4) is 0 Å². The molecule has 4 nitrogen and oxygen atoms in total. The second-order valence-electron chi connectivity index (χ2n) is 4.48. The summed E-state index contributed by atoms with van der Waals surface area (Å²) in [5.74, 6) is -1.40. The van der Waals surface area contributed by atoms with Gasteiger partial charge in [0.15, 0.2) is 0 Å². The highest BCUT2D eigenvalue weighted by Crippen LogP contribution is 2.27. The number of morpholine rings is 1. The molecule has 19 heavy (non-hydrogen) atoms. The molecule has 0 saturated carbocycles. The molecule has 2 rings (SSSR count). The molecule has 5 heteroatoms.